The summed E-state index contributed by atoms with van der Waals surface area (Å²) in [6, 6.07) is 9.90. The highest BCUT2D eigenvalue weighted by atomic mass is 16.6. The van der Waals surface area contributed by atoms with E-state index in [0.29, 0.717) is 11.1 Å². The van der Waals surface area contributed by atoms with E-state index in [-0.39, 0.29) is 29.9 Å². The SMILES string of the molecule is CCCC(C)NC(=O)C(c1cccc(O)c1)N(C(=O)C(Cc1ccc(O)cc1)NC(=O)OC(C)(C)C)C(C)C. The third-order valence-electron chi connectivity index (χ3n) is 6.00. The Kier molecular flexibility index (Phi) is 11.2. The van der Waals surface area contributed by atoms with Gasteiger partial charge in [0.15, 0.2) is 0 Å². The number of nitrogens with zero attached hydrogens (tertiary/aromatic N) is 1. The van der Waals surface area contributed by atoms with Crippen LogP contribution in [0, 0.1) is 0 Å². The molecular weight excluding hydrogens is 498 g/mol. The van der Waals surface area contributed by atoms with Gasteiger partial charge in [0, 0.05) is 18.5 Å². The lowest BCUT2D eigenvalue weighted by Gasteiger charge is -2.37. The highest BCUT2D eigenvalue weighted by Gasteiger charge is 2.38. The van der Waals surface area contributed by atoms with Crippen molar-refractivity contribution in [2.24, 2.45) is 0 Å². The number of phenolic OH excluding ortho intramolecular Hbond substituents is 2. The van der Waals surface area contributed by atoms with E-state index in [2.05, 4.69) is 10.6 Å². The minimum Gasteiger partial charge on any atom is -0.508 e. The van der Waals surface area contributed by atoms with Gasteiger partial charge in [-0.05, 0) is 83.4 Å². The summed E-state index contributed by atoms with van der Waals surface area (Å²) in [7, 11) is 0. The van der Waals surface area contributed by atoms with Gasteiger partial charge in [0.1, 0.15) is 29.2 Å². The van der Waals surface area contributed by atoms with Gasteiger partial charge in [-0.3, -0.25) is 9.59 Å². The summed E-state index contributed by atoms with van der Waals surface area (Å²) in [6.07, 6.45) is 0.970. The van der Waals surface area contributed by atoms with E-state index < -0.39 is 35.7 Å². The second-order valence-electron chi connectivity index (χ2n) is 11.1. The topological polar surface area (TPSA) is 128 Å². The number of rotatable bonds is 11. The first-order chi connectivity index (χ1) is 18.2. The lowest BCUT2D eigenvalue weighted by molar-refractivity contribution is -0.144. The molecular formula is C30H43N3O6. The van der Waals surface area contributed by atoms with Crippen LogP contribution >= 0.6 is 0 Å². The number of carbonyl (C=O) groups is 3. The van der Waals surface area contributed by atoms with Crippen LogP contribution in [0.3, 0.4) is 0 Å². The molecule has 39 heavy (non-hydrogen) atoms. The molecule has 0 fully saturated rings. The molecule has 2 aromatic carbocycles. The number of phenols is 2. The second-order valence-corrected chi connectivity index (χ2v) is 11.1. The van der Waals surface area contributed by atoms with E-state index in [0.717, 1.165) is 12.8 Å². The summed E-state index contributed by atoms with van der Waals surface area (Å²) in [5, 5.41) is 25.6. The summed E-state index contributed by atoms with van der Waals surface area (Å²) in [5.74, 6) is -0.831. The molecule has 0 aliphatic rings. The highest BCUT2D eigenvalue weighted by molar-refractivity contribution is 5.92. The summed E-state index contributed by atoms with van der Waals surface area (Å²) in [4.78, 5) is 42.2. The van der Waals surface area contributed by atoms with E-state index >= 15 is 0 Å². The fraction of sp³-hybridized carbons (Fsp3) is 0.500. The highest BCUT2D eigenvalue weighted by Crippen LogP contribution is 2.28. The lowest BCUT2D eigenvalue weighted by atomic mass is 9.98. The van der Waals surface area contributed by atoms with Gasteiger partial charge in [-0.1, -0.05) is 37.6 Å². The molecule has 3 unspecified atom stereocenters. The van der Waals surface area contributed by atoms with Crippen LogP contribution in [0.25, 0.3) is 0 Å². The van der Waals surface area contributed by atoms with Crippen molar-refractivity contribution in [1.82, 2.24) is 15.5 Å². The molecule has 2 aromatic rings. The zero-order chi connectivity index (χ0) is 29.3. The molecule has 0 bridgehead atoms. The van der Waals surface area contributed by atoms with Crippen molar-refractivity contribution in [3.8, 4) is 11.5 Å². The van der Waals surface area contributed by atoms with Crippen molar-refractivity contribution in [2.75, 3.05) is 0 Å². The molecule has 4 N–H and O–H groups in total. The van der Waals surface area contributed by atoms with Gasteiger partial charge in [-0.2, -0.15) is 0 Å². The van der Waals surface area contributed by atoms with E-state index in [1.54, 1.807) is 58.9 Å². The van der Waals surface area contributed by atoms with E-state index in [1.807, 2.05) is 13.8 Å². The number of hydrogen-bond donors (Lipinski definition) is 4. The average molecular weight is 542 g/mol. The quantitative estimate of drug-likeness (QED) is 0.323. The molecule has 0 saturated carbocycles. The van der Waals surface area contributed by atoms with Gasteiger partial charge in [-0.15, -0.1) is 0 Å². The lowest BCUT2D eigenvalue weighted by Crippen LogP contribution is -2.56. The standard InChI is InChI=1S/C30H43N3O6/c1-8-10-20(4)31-27(36)26(22-11-9-12-24(35)18-22)33(19(2)3)28(37)25(32-29(38)39-30(5,6)7)17-21-13-15-23(34)16-14-21/h9,11-16,18-20,25-26,34-35H,8,10,17H2,1-7H3,(H,31,36)(H,32,38). The summed E-state index contributed by atoms with van der Waals surface area (Å²) in [5.41, 5.74) is 0.354. The van der Waals surface area contributed by atoms with Crippen LogP contribution in [0.4, 0.5) is 4.79 Å². The van der Waals surface area contributed by atoms with Crippen molar-refractivity contribution in [1.29, 1.82) is 0 Å². The molecule has 9 nitrogen and oxygen atoms in total. The molecule has 2 rings (SSSR count). The van der Waals surface area contributed by atoms with Crippen LogP contribution in [0.15, 0.2) is 48.5 Å². The van der Waals surface area contributed by atoms with Crippen molar-refractivity contribution in [2.45, 2.75) is 97.5 Å². The Balaban J connectivity index is 2.54. The van der Waals surface area contributed by atoms with Crippen molar-refractivity contribution in [3.63, 3.8) is 0 Å². The number of hydrogen-bond acceptors (Lipinski definition) is 6. The van der Waals surface area contributed by atoms with E-state index in [1.165, 1.54) is 29.2 Å². The number of carbonyl (C=O) groups excluding carboxylic acids is 3. The minimum atomic E-state index is -1.08. The largest absolute Gasteiger partial charge is 0.508 e. The molecule has 3 amide bonds. The Labute approximate surface area is 231 Å². The van der Waals surface area contributed by atoms with Crippen molar-refractivity contribution in [3.05, 3.63) is 59.7 Å². The fourth-order valence-corrected chi connectivity index (χ4v) is 4.34. The molecule has 0 aromatic heterocycles. The first kappa shape index (κ1) is 31.5. The summed E-state index contributed by atoms with van der Waals surface area (Å²) >= 11 is 0. The van der Waals surface area contributed by atoms with E-state index in [9.17, 15) is 24.6 Å². The second kappa shape index (κ2) is 13.9. The monoisotopic (exact) mass is 541 g/mol. The Hall–Kier alpha value is -3.75. The van der Waals surface area contributed by atoms with Gasteiger partial charge in [-0.25, -0.2) is 4.79 Å². The zero-order valence-electron chi connectivity index (χ0n) is 24.0. The zero-order valence-corrected chi connectivity index (χ0v) is 24.0. The van der Waals surface area contributed by atoms with Crippen LogP contribution in [-0.2, 0) is 20.7 Å². The van der Waals surface area contributed by atoms with Crippen molar-refractivity contribution < 1.29 is 29.3 Å². The maximum absolute atomic E-state index is 14.2. The number of aromatic hydroxyl groups is 2. The molecule has 214 valence electrons. The Bertz CT molecular complexity index is 1110. The Morgan fingerprint density at radius 3 is 2.13 bits per heavy atom. The van der Waals surface area contributed by atoms with E-state index in [4.69, 9.17) is 4.74 Å². The maximum atomic E-state index is 14.2. The number of alkyl carbamates (subject to hydrolysis) is 1. The fourth-order valence-electron chi connectivity index (χ4n) is 4.34. The Morgan fingerprint density at radius 1 is 0.949 bits per heavy atom. The normalized spacial score (nSPS) is 13.7. The van der Waals surface area contributed by atoms with Gasteiger partial charge in [0.2, 0.25) is 11.8 Å². The summed E-state index contributed by atoms with van der Waals surface area (Å²) in [6.45, 7) is 12.7. The van der Waals surface area contributed by atoms with Gasteiger partial charge < -0.3 is 30.5 Å². The number of benzene rings is 2. The van der Waals surface area contributed by atoms with Crippen LogP contribution in [0.1, 0.15) is 78.5 Å². The predicted octanol–water partition coefficient (Wildman–Crippen LogP) is 4.82. The smallest absolute Gasteiger partial charge is 0.408 e. The molecule has 9 heteroatoms. The van der Waals surface area contributed by atoms with Crippen LogP contribution < -0.4 is 10.6 Å². The Morgan fingerprint density at radius 2 is 1.59 bits per heavy atom. The molecule has 0 saturated heterocycles. The van der Waals surface area contributed by atoms with Crippen LogP contribution in [0.2, 0.25) is 0 Å². The summed E-state index contributed by atoms with van der Waals surface area (Å²) < 4.78 is 5.43. The first-order valence-electron chi connectivity index (χ1n) is 13.4. The van der Waals surface area contributed by atoms with Crippen LogP contribution in [-0.4, -0.2) is 56.7 Å². The minimum absolute atomic E-state index is 0.0319. The molecule has 0 spiro atoms. The number of amides is 3. The van der Waals surface area contributed by atoms with Gasteiger partial charge >= 0.3 is 6.09 Å². The average Bonchev–Trinajstić information content (AvgIpc) is 2.81. The number of nitrogens with one attached hydrogen (secondary N) is 2. The van der Waals surface area contributed by atoms with Gasteiger partial charge in [0.25, 0.3) is 0 Å². The van der Waals surface area contributed by atoms with Crippen molar-refractivity contribution >= 4 is 17.9 Å². The molecule has 0 heterocycles. The third-order valence-corrected chi connectivity index (χ3v) is 6.00. The number of ether oxygens (including phenoxy) is 1. The van der Waals surface area contributed by atoms with Crippen LogP contribution in [0.5, 0.6) is 11.5 Å². The molecule has 3 atom stereocenters. The molecule has 0 radical (unpaired) electrons. The maximum Gasteiger partial charge on any atom is 0.408 e. The molecule has 0 aliphatic carbocycles. The van der Waals surface area contributed by atoms with Gasteiger partial charge in [0.05, 0.1) is 0 Å². The molecule has 0 aliphatic heterocycles. The predicted molar refractivity (Wildman–Crippen MR) is 150 cm³/mol. The first-order valence-corrected chi connectivity index (χ1v) is 13.4. The third kappa shape index (κ3) is 9.81.